The molecule has 0 unspecified atom stereocenters. The fourth-order valence-corrected chi connectivity index (χ4v) is 1.79. The van der Waals surface area contributed by atoms with Gasteiger partial charge in [-0.05, 0) is 12.3 Å². The molecule has 3 nitrogen and oxygen atoms in total. The fraction of sp³-hybridized carbons (Fsp3) is 1.00. The van der Waals surface area contributed by atoms with Crippen molar-refractivity contribution in [2.45, 2.75) is 20.3 Å². The van der Waals surface area contributed by atoms with E-state index in [1.54, 1.807) is 7.11 Å². The Morgan fingerprint density at radius 2 is 1.75 bits per heavy atom. The van der Waals surface area contributed by atoms with Gasteiger partial charge < -0.3 is 9.47 Å². The first kappa shape index (κ1) is 16.4. The van der Waals surface area contributed by atoms with Crippen molar-refractivity contribution in [2.24, 2.45) is 5.92 Å². The summed E-state index contributed by atoms with van der Waals surface area (Å²) < 4.78 is 10.7. The van der Waals surface area contributed by atoms with Crippen molar-refractivity contribution in [1.29, 1.82) is 0 Å². The van der Waals surface area contributed by atoms with Crippen molar-refractivity contribution in [2.75, 3.05) is 51.9 Å². The third-order valence-corrected chi connectivity index (χ3v) is 2.76. The zero-order valence-corrected chi connectivity index (χ0v) is 12.5. The van der Waals surface area contributed by atoms with Crippen molar-refractivity contribution < 1.29 is 9.47 Å². The van der Waals surface area contributed by atoms with Gasteiger partial charge in [0, 0.05) is 38.7 Å². The number of nitrogens with zero attached hydrogens (tertiary/aromatic N) is 1. The minimum Gasteiger partial charge on any atom is -0.383 e. The first-order valence-electron chi connectivity index (χ1n) is 6.05. The molecule has 0 N–H and O–H groups in total. The summed E-state index contributed by atoms with van der Waals surface area (Å²) >= 11 is 3.46. The maximum Gasteiger partial charge on any atom is 0.0593 e. The molecule has 0 saturated heterocycles. The highest BCUT2D eigenvalue weighted by atomic mass is 79.9. The minimum atomic E-state index is 0.729. The zero-order chi connectivity index (χ0) is 12.2. The van der Waals surface area contributed by atoms with Gasteiger partial charge in [0.2, 0.25) is 0 Å². The quantitative estimate of drug-likeness (QED) is 0.432. The van der Waals surface area contributed by atoms with E-state index < -0.39 is 0 Å². The minimum absolute atomic E-state index is 0.729. The number of methoxy groups -OCH3 is 1. The molecule has 0 heterocycles. The van der Waals surface area contributed by atoms with Gasteiger partial charge >= 0.3 is 0 Å². The van der Waals surface area contributed by atoms with Gasteiger partial charge in [-0.3, -0.25) is 4.90 Å². The Morgan fingerprint density at radius 3 is 2.31 bits per heavy atom. The van der Waals surface area contributed by atoms with Gasteiger partial charge in [0.05, 0.1) is 13.2 Å². The summed E-state index contributed by atoms with van der Waals surface area (Å²) in [6, 6.07) is 0. The second-order valence-corrected chi connectivity index (χ2v) is 5.11. The van der Waals surface area contributed by atoms with Crippen LogP contribution in [0.3, 0.4) is 0 Å². The molecule has 4 heteroatoms. The van der Waals surface area contributed by atoms with Crippen molar-refractivity contribution in [3.05, 3.63) is 0 Å². The zero-order valence-electron chi connectivity index (χ0n) is 10.9. The lowest BCUT2D eigenvalue weighted by atomic mass is 10.1. The molecule has 0 aromatic rings. The van der Waals surface area contributed by atoms with Gasteiger partial charge in [-0.1, -0.05) is 29.8 Å². The maximum absolute atomic E-state index is 5.60. The Balaban J connectivity index is 3.43. The third kappa shape index (κ3) is 10.9. The van der Waals surface area contributed by atoms with Gasteiger partial charge in [0.25, 0.3) is 0 Å². The van der Waals surface area contributed by atoms with Crippen LogP contribution in [-0.2, 0) is 9.47 Å². The van der Waals surface area contributed by atoms with Crippen LogP contribution in [0, 0.1) is 5.92 Å². The Morgan fingerprint density at radius 1 is 1.06 bits per heavy atom. The summed E-state index contributed by atoms with van der Waals surface area (Å²) in [5, 5.41) is 1.00. The smallest absolute Gasteiger partial charge is 0.0593 e. The molecule has 0 aromatic carbocycles. The molecule has 0 aliphatic carbocycles. The first-order valence-corrected chi connectivity index (χ1v) is 7.17. The van der Waals surface area contributed by atoms with E-state index >= 15 is 0 Å². The summed E-state index contributed by atoms with van der Waals surface area (Å²) in [4.78, 5) is 2.35. The predicted octanol–water partition coefficient (Wildman–Crippen LogP) is 2.39. The average Bonchev–Trinajstić information content (AvgIpc) is 2.24. The lowest BCUT2D eigenvalue weighted by Gasteiger charge is -2.20. The Bertz CT molecular complexity index is 145. The summed E-state index contributed by atoms with van der Waals surface area (Å²) in [5.74, 6) is 0.729. The van der Waals surface area contributed by atoms with E-state index in [1.165, 1.54) is 0 Å². The van der Waals surface area contributed by atoms with E-state index in [4.69, 9.17) is 9.47 Å². The van der Waals surface area contributed by atoms with Gasteiger partial charge in [-0.25, -0.2) is 0 Å². The third-order valence-electron chi connectivity index (χ3n) is 2.40. The normalized spacial score (nSPS) is 11.6. The highest BCUT2D eigenvalue weighted by Gasteiger charge is 2.03. The molecule has 0 aliphatic heterocycles. The van der Waals surface area contributed by atoms with Crippen LogP contribution in [0.4, 0.5) is 0 Å². The molecule has 0 bridgehead atoms. The van der Waals surface area contributed by atoms with Crippen LogP contribution >= 0.6 is 15.9 Å². The fourth-order valence-electron chi connectivity index (χ4n) is 1.29. The summed E-state index contributed by atoms with van der Waals surface area (Å²) in [5.41, 5.74) is 0. The molecule has 0 aliphatic rings. The number of alkyl halides is 1. The molecule has 0 atom stereocenters. The summed E-state index contributed by atoms with van der Waals surface area (Å²) in [7, 11) is 1.74. The highest BCUT2D eigenvalue weighted by molar-refractivity contribution is 9.09. The lowest BCUT2D eigenvalue weighted by molar-refractivity contribution is 0.0855. The Hall–Kier alpha value is 0.360. The topological polar surface area (TPSA) is 21.7 Å². The second-order valence-electron chi connectivity index (χ2n) is 4.32. The number of hydrogen-bond donors (Lipinski definition) is 0. The lowest BCUT2D eigenvalue weighted by Crippen LogP contribution is -2.32. The van der Waals surface area contributed by atoms with Gasteiger partial charge in [-0.15, -0.1) is 0 Å². The molecule has 0 amide bonds. The number of hydrogen-bond acceptors (Lipinski definition) is 3. The van der Waals surface area contributed by atoms with E-state index in [1.807, 2.05) is 0 Å². The monoisotopic (exact) mass is 295 g/mol. The first-order chi connectivity index (χ1) is 7.70. The second kappa shape index (κ2) is 11.8. The van der Waals surface area contributed by atoms with E-state index in [0.717, 1.165) is 57.1 Å². The van der Waals surface area contributed by atoms with Crippen LogP contribution in [0.1, 0.15) is 20.3 Å². The predicted molar refractivity (Wildman–Crippen MR) is 72.4 cm³/mol. The molecule has 0 fully saturated rings. The van der Waals surface area contributed by atoms with E-state index in [-0.39, 0.29) is 0 Å². The largest absolute Gasteiger partial charge is 0.383 e. The van der Waals surface area contributed by atoms with E-state index in [0.29, 0.717) is 0 Å². The SMILES string of the molecule is COCCN(CCBr)CCOCCC(C)C. The molecular weight excluding hydrogens is 270 g/mol. The van der Waals surface area contributed by atoms with E-state index in [9.17, 15) is 0 Å². The molecule has 98 valence electrons. The standard InChI is InChI=1S/C12H26BrNO2/c1-12(2)4-9-16-11-8-14(6-5-13)7-10-15-3/h12H,4-11H2,1-3H3. The summed E-state index contributed by atoms with van der Waals surface area (Å²) in [6.45, 7) is 9.96. The molecule has 0 radical (unpaired) electrons. The van der Waals surface area contributed by atoms with Gasteiger partial charge in [-0.2, -0.15) is 0 Å². The van der Waals surface area contributed by atoms with Crippen LogP contribution in [-0.4, -0.2) is 56.8 Å². The summed E-state index contributed by atoms with van der Waals surface area (Å²) in [6.07, 6.45) is 1.15. The molecule has 0 saturated carbocycles. The molecule has 16 heavy (non-hydrogen) atoms. The maximum atomic E-state index is 5.60. The van der Waals surface area contributed by atoms with Crippen molar-refractivity contribution >= 4 is 15.9 Å². The molecule has 0 aromatic heterocycles. The number of ether oxygens (including phenoxy) is 2. The Labute approximate surface area is 109 Å². The van der Waals surface area contributed by atoms with Crippen molar-refractivity contribution in [3.8, 4) is 0 Å². The van der Waals surface area contributed by atoms with Crippen molar-refractivity contribution in [3.63, 3.8) is 0 Å². The number of halogens is 1. The molecule has 0 spiro atoms. The molecule has 0 rings (SSSR count). The van der Waals surface area contributed by atoms with Crippen LogP contribution in [0.2, 0.25) is 0 Å². The highest BCUT2D eigenvalue weighted by Crippen LogP contribution is 1.99. The van der Waals surface area contributed by atoms with Crippen LogP contribution in [0.15, 0.2) is 0 Å². The van der Waals surface area contributed by atoms with Crippen molar-refractivity contribution in [1.82, 2.24) is 4.90 Å². The average molecular weight is 296 g/mol. The van der Waals surface area contributed by atoms with Gasteiger partial charge in [0.15, 0.2) is 0 Å². The van der Waals surface area contributed by atoms with Crippen LogP contribution in [0.5, 0.6) is 0 Å². The number of rotatable bonds is 11. The molecular formula is C12H26BrNO2. The van der Waals surface area contributed by atoms with Crippen LogP contribution in [0.25, 0.3) is 0 Å². The van der Waals surface area contributed by atoms with Crippen LogP contribution < -0.4 is 0 Å². The van der Waals surface area contributed by atoms with E-state index in [2.05, 4.69) is 34.7 Å². The van der Waals surface area contributed by atoms with Gasteiger partial charge in [0.1, 0.15) is 0 Å². The Kier molecular flexibility index (Phi) is 12.1.